The number of methoxy groups -OCH3 is 1. The number of anilines is 1. The fraction of sp³-hybridized carbons (Fsp3) is 0.333. The first-order chi connectivity index (χ1) is 14.8. The second-order valence-corrected chi connectivity index (χ2v) is 6.87. The van der Waals surface area contributed by atoms with Gasteiger partial charge in [-0.3, -0.25) is 4.79 Å². The highest BCUT2D eigenvalue weighted by Gasteiger charge is 2.43. The van der Waals surface area contributed by atoms with Crippen LogP contribution in [0.15, 0.2) is 48.5 Å². The van der Waals surface area contributed by atoms with Crippen LogP contribution in [0.2, 0.25) is 0 Å². The average molecular weight is 433 g/mol. The van der Waals surface area contributed by atoms with Crippen molar-refractivity contribution in [2.75, 3.05) is 19.0 Å². The fourth-order valence-electron chi connectivity index (χ4n) is 3.02. The summed E-state index contributed by atoms with van der Waals surface area (Å²) < 4.78 is 15.3. The maximum atomic E-state index is 12.4. The number of nitrogens with one attached hydrogen (secondary N) is 1. The van der Waals surface area contributed by atoms with E-state index in [-0.39, 0.29) is 17.2 Å². The van der Waals surface area contributed by atoms with Gasteiger partial charge < -0.3 is 40.0 Å². The normalized spacial score (nSPS) is 25.5. The van der Waals surface area contributed by atoms with Crippen LogP contribution < -0.4 is 10.1 Å². The van der Waals surface area contributed by atoms with Crippen molar-refractivity contribution in [2.45, 2.75) is 30.7 Å². The summed E-state index contributed by atoms with van der Waals surface area (Å²) in [5.41, 5.74) is 0.897. The number of amides is 1. The van der Waals surface area contributed by atoms with Crippen molar-refractivity contribution >= 4 is 17.6 Å². The number of aliphatic hydroxyl groups excluding tert-OH is 4. The molecule has 0 bridgehead atoms. The minimum absolute atomic E-state index is 0.0981. The summed E-state index contributed by atoms with van der Waals surface area (Å²) in [5, 5.41) is 41.3. The Labute approximate surface area is 177 Å². The highest BCUT2D eigenvalue weighted by molar-refractivity contribution is 6.05. The van der Waals surface area contributed by atoms with Crippen molar-refractivity contribution in [3.8, 4) is 5.75 Å². The van der Waals surface area contributed by atoms with Gasteiger partial charge in [0.2, 0.25) is 0 Å². The van der Waals surface area contributed by atoms with Crippen LogP contribution in [0.1, 0.15) is 20.7 Å². The summed E-state index contributed by atoms with van der Waals surface area (Å²) in [6, 6.07) is 12.8. The Morgan fingerprint density at radius 3 is 2.35 bits per heavy atom. The van der Waals surface area contributed by atoms with Crippen LogP contribution in [0.3, 0.4) is 0 Å². The van der Waals surface area contributed by atoms with Crippen molar-refractivity contribution in [1.82, 2.24) is 0 Å². The third-order valence-electron chi connectivity index (χ3n) is 4.79. The Balaban J connectivity index is 1.65. The molecule has 1 fully saturated rings. The lowest BCUT2D eigenvalue weighted by Crippen LogP contribution is -2.58. The zero-order valence-electron chi connectivity index (χ0n) is 16.5. The summed E-state index contributed by atoms with van der Waals surface area (Å²) >= 11 is 0. The lowest BCUT2D eigenvalue weighted by atomic mass is 9.99. The molecule has 0 saturated carbocycles. The molecule has 2 aromatic rings. The van der Waals surface area contributed by atoms with Gasteiger partial charge in [0.25, 0.3) is 5.91 Å². The predicted molar refractivity (Wildman–Crippen MR) is 107 cm³/mol. The molecule has 1 aliphatic rings. The van der Waals surface area contributed by atoms with Crippen LogP contribution >= 0.6 is 0 Å². The molecule has 0 radical (unpaired) electrons. The second-order valence-electron chi connectivity index (χ2n) is 6.87. The zero-order chi connectivity index (χ0) is 22.5. The van der Waals surface area contributed by atoms with Crippen LogP contribution in [0.5, 0.6) is 5.75 Å². The van der Waals surface area contributed by atoms with E-state index in [9.17, 15) is 30.0 Å². The highest BCUT2D eigenvalue weighted by Crippen LogP contribution is 2.27. The van der Waals surface area contributed by atoms with E-state index >= 15 is 0 Å². The molecule has 1 saturated heterocycles. The van der Waals surface area contributed by atoms with Gasteiger partial charge in [-0.1, -0.05) is 18.2 Å². The third-order valence-corrected chi connectivity index (χ3v) is 4.79. The van der Waals surface area contributed by atoms with E-state index in [1.54, 1.807) is 30.3 Å². The number of ether oxygens (including phenoxy) is 3. The van der Waals surface area contributed by atoms with Crippen molar-refractivity contribution < 1.29 is 44.2 Å². The van der Waals surface area contributed by atoms with Gasteiger partial charge in [0.15, 0.2) is 6.29 Å². The second kappa shape index (κ2) is 9.86. The summed E-state index contributed by atoms with van der Waals surface area (Å²) in [4.78, 5) is 24.7. The van der Waals surface area contributed by atoms with E-state index in [0.717, 1.165) is 0 Å². The Morgan fingerprint density at radius 1 is 0.968 bits per heavy atom. The van der Waals surface area contributed by atoms with E-state index in [1.165, 1.54) is 25.3 Å². The van der Waals surface area contributed by atoms with Crippen LogP contribution in [0.25, 0.3) is 0 Å². The van der Waals surface area contributed by atoms with Crippen molar-refractivity contribution in [1.29, 1.82) is 0 Å². The van der Waals surface area contributed by atoms with Gasteiger partial charge in [-0.15, -0.1) is 0 Å². The van der Waals surface area contributed by atoms with Crippen LogP contribution in [-0.4, -0.2) is 76.7 Å². The smallest absolute Gasteiger partial charge is 0.338 e. The van der Waals surface area contributed by atoms with Crippen molar-refractivity contribution in [3.05, 3.63) is 59.7 Å². The summed E-state index contributed by atoms with van der Waals surface area (Å²) in [6.45, 7) is -0.477. The summed E-state index contributed by atoms with van der Waals surface area (Å²) in [6.07, 6.45) is -7.85. The Hall–Kier alpha value is -3.02. The molecular weight excluding hydrogens is 410 g/mol. The van der Waals surface area contributed by atoms with Gasteiger partial charge in [-0.05, 0) is 30.3 Å². The number of hydrogen-bond donors (Lipinski definition) is 5. The lowest BCUT2D eigenvalue weighted by molar-refractivity contribution is -0.286. The van der Waals surface area contributed by atoms with Gasteiger partial charge in [-0.25, -0.2) is 4.79 Å². The summed E-state index contributed by atoms with van der Waals surface area (Å²) in [7, 11) is 1.38. The summed E-state index contributed by atoms with van der Waals surface area (Å²) in [5.74, 6) is -0.913. The molecule has 0 aliphatic carbocycles. The first-order valence-corrected chi connectivity index (χ1v) is 9.41. The van der Waals surface area contributed by atoms with Gasteiger partial charge in [-0.2, -0.15) is 0 Å². The maximum absolute atomic E-state index is 12.4. The van der Waals surface area contributed by atoms with Crippen molar-refractivity contribution in [3.63, 3.8) is 0 Å². The van der Waals surface area contributed by atoms with Crippen molar-refractivity contribution in [2.24, 2.45) is 0 Å². The number of carbonyl (C=O) groups excluding carboxylic acids is 2. The molecule has 5 N–H and O–H groups in total. The minimum atomic E-state index is -1.73. The number of rotatable bonds is 6. The molecule has 1 aliphatic heterocycles. The van der Waals surface area contributed by atoms with E-state index < -0.39 is 43.3 Å². The molecule has 5 atom stereocenters. The molecule has 31 heavy (non-hydrogen) atoms. The largest absolute Gasteiger partial charge is 0.495 e. The molecule has 1 unspecified atom stereocenters. The Kier molecular flexibility index (Phi) is 7.21. The number of esters is 1. The van der Waals surface area contributed by atoms with E-state index in [2.05, 4.69) is 5.32 Å². The van der Waals surface area contributed by atoms with E-state index in [0.29, 0.717) is 11.3 Å². The van der Waals surface area contributed by atoms with Gasteiger partial charge in [0.1, 0.15) is 36.8 Å². The van der Waals surface area contributed by atoms with E-state index in [4.69, 9.17) is 14.2 Å². The molecule has 10 nitrogen and oxygen atoms in total. The first-order valence-electron chi connectivity index (χ1n) is 9.41. The molecule has 2 aromatic carbocycles. The SMILES string of the molecule is COc1cc(C(=O)OC[C@H]2OC(O)[C@H](O)[C@@H](O)[C@H]2O)ccc1NC(=O)c1ccccc1. The number of aliphatic hydroxyl groups is 4. The minimum Gasteiger partial charge on any atom is -0.495 e. The average Bonchev–Trinajstić information content (AvgIpc) is 2.79. The number of carbonyl (C=O) groups is 2. The van der Waals surface area contributed by atoms with Gasteiger partial charge >= 0.3 is 5.97 Å². The van der Waals surface area contributed by atoms with Crippen LogP contribution in [-0.2, 0) is 9.47 Å². The molecule has 166 valence electrons. The quantitative estimate of drug-likeness (QED) is 0.393. The molecule has 0 aromatic heterocycles. The predicted octanol–water partition coefficient (Wildman–Crippen LogP) is -0.0958. The standard InChI is InChI=1S/C21H23NO9/c1-29-14-9-12(7-8-13(14)22-19(26)11-5-3-2-4-6-11)20(27)30-10-15-16(23)17(24)18(25)21(28)31-15/h2-9,15-18,21,23-25,28H,10H2,1H3,(H,22,26)/t15-,16+,17+,18-,21?/m1/s1. The van der Waals surface area contributed by atoms with Crippen LogP contribution in [0.4, 0.5) is 5.69 Å². The zero-order valence-corrected chi connectivity index (χ0v) is 16.5. The van der Waals surface area contributed by atoms with Gasteiger partial charge in [0.05, 0.1) is 18.4 Å². The fourth-order valence-corrected chi connectivity index (χ4v) is 3.02. The molecule has 1 amide bonds. The molecule has 1 heterocycles. The molecule has 3 rings (SSSR count). The lowest BCUT2D eigenvalue weighted by Gasteiger charge is -2.37. The Morgan fingerprint density at radius 2 is 1.68 bits per heavy atom. The number of hydrogen-bond acceptors (Lipinski definition) is 9. The topological polar surface area (TPSA) is 155 Å². The molecule has 0 spiro atoms. The third kappa shape index (κ3) is 5.19. The molecule has 10 heteroatoms. The first kappa shape index (κ1) is 22.7. The Bertz CT molecular complexity index is 920. The monoisotopic (exact) mass is 433 g/mol. The highest BCUT2D eigenvalue weighted by atomic mass is 16.6. The number of benzene rings is 2. The maximum Gasteiger partial charge on any atom is 0.338 e. The van der Waals surface area contributed by atoms with Crippen LogP contribution in [0, 0.1) is 0 Å². The van der Waals surface area contributed by atoms with E-state index in [1.807, 2.05) is 0 Å². The van der Waals surface area contributed by atoms with Gasteiger partial charge in [0, 0.05) is 5.56 Å². The molecular formula is C21H23NO9.